The molecule has 1 amide bonds. The number of hydrogen-bond donors (Lipinski definition) is 0. The standard InChI is InChI=1S/C17H28BNO3/c1-16(2)17(3,4)22-18(21-16)14-9-7-13(8-10-14)15(20)19-11-5-6-12-19/h9,13H,5-8,10-12H2,1-4H3/t13-/m1/s1. The van der Waals surface area contributed by atoms with E-state index in [0.717, 1.165) is 45.2 Å². The number of likely N-dealkylation sites (tertiary alicyclic amines) is 1. The number of nitrogens with zero attached hydrogens (tertiary/aromatic N) is 1. The maximum Gasteiger partial charge on any atom is 0.490 e. The van der Waals surface area contributed by atoms with Gasteiger partial charge in [-0.25, -0.2) is 0 Å². The van der Waals surface area contributed by atoms with Gasteiger partial charge in [0.2, 0.25) is 5.91 Å². The molecule has 5 heteroatoms. The first-order chi connectivity index (χ1) is 10.3. The average molecular weight is 305 g/mol. The van der Waals surface area contributed by atoms with Crippen LogP contribution in [0.1, 0.15) is 59.8 Å². The maximum absolute atomic E-state index is 12.5. The van der Waals surface area contributed by atoms with Gasteiger partial charge in [-0.05, 0) is 65.3 Å². The highest BCUT2D eigenvalue weighted by molar-refractivity contribution is 6.54. The second-order valence-electron chi connectivity index (χ2n) is 7.87. The van der Waals surface area contributed by atoms with Crippen LogP contribution in [0.5, 0.6) is 0 Å². The maximum atomic E-state index is 12.5. The molecule has 1 atom stereocenters. The molecule has 1 aliphatic carbocycles. The van der Waals surface area contributed by atoms with Crippen molar-refractivity contribution in [2.75, 3.05) is 13.1 Å². The highest BCUT2D eigenvalue weighted by atomic mass is 16.7. The van der Waals surface area contributed by atoms with E-state index in [4.69, 9.17) is 9.31 Å². The first kappa shape index (κ1) is 16.1. The fourth-order valence-electron chi connectivity index (χ4n) is 3.48. The summed E-state index contributed by atoms with van der Waals surface area (Å²) in [6.07, 6.45) is 7.16. The predicted octanol–water partition coefficient (Wildman–Crippen LogP) is 2.97. The molecule has 3 aliphatic rings. The predicted molar refractivity (Wildman–Crippen MR) is 87.3 cm³/mol. The quantitative estimate of drug-likeness (QED) is 0.736. The summed E-state index contributed by atoms with van der Waals surface area (Å²) in [5, 5.41) is 0. The van der Waals surface area contributed by atoms with Crippen LogP contribution >= 0.6 is 0 Å². The monoisotopic (exact) mass is 305 g/mol. The average Bonchev–Trinajstić information content (AvgIpc) is 3.05. The van der Waals surface area contributed by atoms with Crippen molar-refractivity contribution in [3.8, 4) is 0 Å². The van der Waals surface area contributed by atoms with E-state index in [1.54, 1.807) is 0 Å². The third-order valence-electron chi connectivity index (χ3n) is 5.77. The largest absolute Gasteiger partial charge is 0.490 e. The van der Waals surface area contributed by atoms with E-state index in [1.165, 1.54) is 5.47 Å². The van der Waals surface area contributed by atoms with E-state index in [2.05, 4.69) is 33.8 Å². The van der Waals surface area contributed by atoms with Gasteiger partial charge in [0, 0.05) is 19.0 Å². The lowest BCUT2D eigenvalue weighted by Gasteiger charge is -2.32. The molecule has 0 radical (unpaired) electrons. The van der Waals surface area contributed by atoms with Crippen LogP contribution in [0.2, 0.25) is 0 Å². The molecule has 2 heterocycles. The van der Waals surface area contributed by atoms with E-state index in [-0.39, 0.29) is 24.2 Å². The molecule has 0 saturated carbocycles. The van der Waals surface area contributed by atoms with Gasteiger partial charge >= 0.3 is 7.12 Å². The van der Waals surface area contributed by atoms with Crippen LogP contribution in [0.4, 0.5) is 0 Å². The number of rotatable bonds is 2. The third-order valence-corrected chi connectivity index (χ3v) is 5.77. The van der Waals surface area contributed by atoms with Crippen molar-refractivity contribution in [3.63, 3.8) is 0 Å². The first-order valence-corrected chi connectivity index (χ1v) is 8.63. The molecule has 3 rings (SSSR count). The molecular formula is C17H28BNO3. The van der Waals surface area contributed by atoms with Gasteiger partial charge in [0.05, 0.1) is 11.2 Å². The third kappa shape index (κ3) is 2.85. The Hall–Kier alpha value is -0.805. The fraction of sp³-hybridized carbons (Fsp3) is 0.824. The Labute approximate surface area is 134 Å². The Bertz CT molecular complexity index is 464. The zero-order valence-corrected chi connectivity index (χ0v) is 14.4. The van der Waals surface area contributed by atoms with E-state index in [9.17, 15) is 4.79 Å². The van der Waals surface area contributed by atoms with Gasteiger partial charge in [-0.2, -0.15) is 0 Å². The molecular weight excluding hydrogens is 277 g/mol. The summed E-state index contributed by atoms with van der Waals surface area (Å²) < 4.78 is 12.2. The molecule has 0 unspecified atom stereocenters. The normalized spacial score (nSPS) is 30.5. The number of carbonyl (C=O) groups excluding carboxylic acids is 1. The molecule has 0 aromatic carbocycles. The van der Waals surface area contributed by atoms with Crippen LogP contribution in [0, 0.1) is 5.92 Å². The highest BCUT2D eigenvalue weighted by Gasteiger charge is 2.52. The molecule has 2 saturated heterocycles. The Morgan fingerprint density at radius 1 is 1.18 bits per heavy atom. The summed E-state index contributed by atoms with van der Waals surface area (Å²) in [6, 6.07) is 0. The van der Waals surface area contributed by atoms with Crippen LogP contribution in [0.25, 0.3) is 0 Å². The topological polar surface area (TPSA) is 38.8 Å². The number of allylic oxidation sites excluding steroid dienone is 2. The summed E-state index contributed by atoms with van der Waals surface area (Å²) in [6.45, 7) is 10.2. The van der Waals surface area contributed by atoms with Gasteiger partial charge < -0.3 is 14.2 Å². The van der Waals surface area contributed by atoms with Crippen molar-refractivity contribution in [2.45, 2.75) is 71.0 Å². The van der Waals surface area contributed by atoms with Crippen molar-refractivity contribution in [1.82, 2.24) is 4.90 Å². The molecule has 0 N–H and O–H groups in total. The molecule has 22 heavy (non-hydrogen) atoms. The van der Waals surface area contributed by atoms with Gasteiger partial charge in [-0.15, -0.1) is 0 Å². The number of carbonyl (C=O) groups is 1. The summed E-state index contributed by atoms with van der Waals surface area (Å²) in [5.41, 5.74) is 0.630. The Morgan fingerprint density at radius 3 is 2.27 bits per heavy atom. The SMILES string of the molecule is CC1(C)OB(C2=CC[C@@H](C(=O)N3CCCC3)CC2)OC1(C)C. The van der Waals surface area contributed by atoms with Gasteiger partial charge in [-0.3, -0.25) is 4.79 Å². The van der Waals surface area contributed by atoms with Crippen LogP contribution in [0.15, 0.2) is 11.5 Å². The van der Waals surface area contributed by atoms with E-state index < -0.39 is 0 Å². The lowest BCUT2D eigenvalue weighted by molar-refractivity contribution is -0.134. The zero-order valence-electron chi connectivity index (χ0n) is 14.4. The zero-order chi connectivity index (χ0) is 16.0. The Balaban J connectivity index is 1.61. The minimum absolute atomic E-state index is 0.157. The Morgan fingerprint density at radius 2 is 1.77 bits per heavy atom. The van der Waals surface area contributed by atoms with Gasteiger partial charge in [0.15, 0.2) is 0 Å². The van der Waals surface area contributed by atoms with Crippen molar-refractivity contribution in [1.29, 1.82) is 0 Å². The van der Waals surface area contributed by atoms with Crippen molar-refractivity contribution >= 4 is 13.0 Å². The van der Waals surface area contributed by atoms with Crippen molar-refractivity contribution in [2.24, 2.45) is 5.92 Å². The van der Waals surface area contributed by atoms with Crippen LogP contribution in [-0.4, -0.2) is 42.2 Å². The van der Waals surface area contributed by atoms with Crippen LogP contribution < -0.4 is 0 Å². The van der Waals surface area contributed by atoms with Crippen molar-refractivity contribution < 1.29 is 14.1 Å². The van der Waals surface area contributed by atoms with Gasteiger partial charge in [0.25, 0.3) is 0 Å². The summed E-state index contributed by atoms with van der Waals surface area (Å²) in [7, 11) is -0.243. The summed E-state index contributed by atoms with van der Waals surface area (Å²) in [4.78, 5) is 14.5. The number of amides is 1. The lowest BCUT2D eigenvalue weighted by Crippen LogP contribution is -2.41. The lowest BCUT2D eigenvalue weighted by atomic mass is 9.70. The molecule has 2 aliphatic heterocycles. The first-order valence-electron chi connectivity index (χ1n) is 8.63. The summed E-state index contributed by atoms with van der Waals surface area (Å²) in [5.74, 6) is 0.506. The van der Waals surface area contributed by atoms with Crippen LogP contribution in [0.3, 0.4) is 0 Å². The molecule has 0 aromatic heterocycles. The van der Waals surface area contributed by atoms with E-state index in [0.29, 0.717) is 5.91 Å². The van der Waals surface area contributed by atoms with Crippen LogP contribution in [-0.2, 0) is 14.1 Å². The molecule has 2 fully saturated rings. The minimum atomic E-state index is -0.291. The second-order valence-corrected chi connectivity index (χ2v) is 7.87. The van der Waals surface area contributed by atoms with Gasteiger partial charge in [0.1, 0.15) is 0 Å². The Kier molecular flexibility index (Phi) is 4.15. The van der Waals surface area contributed by atoms with Crippen molar-refractivity contribution in [3.05, 3.63) is 11.5 Å². The molecule has 0 bridgehead atoms. The fourth-order valence-corrected chi connectivity index (χ4v) is 3.48. The van der Waals surface area contributed by atoms with E-state index in [1.807, 2.05) is 4.90 Å². The molecule has 122 valence electrons. The van der Waals surface area contributed by atoms with E-state index >= 15 is 0 Å². The summed E-state index contributed by atoms with van der Waals surface area (Å²) >= 11 is 0. The smallest absolute Gasteiger partial charge is 0.400 e. The minimum Gasteiger partial charge on any atom is -0.400 e. The van der Waals surface area contributed by atoms with Gasteiger partial charge in [-0.1, -0.05) is 6.08 Å². The molecule has 0 spiro atoms. The molecule has 4 nitrogen and oxygen atoms in total. The number of hydrogen-bond acceptors (Lipinski definition) is 3. The molecule has 0 aromatic rings. The highest BCUT2D eigenvalue weighted by Crippen LogP contribution is 2.40. The second kappa shape index (κ2) is 5.68.